The Hall–Kier alpha value is -1.65. The maximum atomic E-state index is 11.5. The van der Waals surface area contributed by atoms with Crippen molar-refractivity contribution in [3.05, 3.63) is 28.1 Å². The van der Waals surface area contributed by atoms with Crippen LogP contribution in [0, 0.1) is 6.92 Å². The fraction of sp³-hybridized carbons (Fsp3) is 0.500. The van der Waals surface area contributed by atoms with Gasteiger partial charge in [0.05, 0.1) is 6.20 Å². The van der Waals surface area contributed by atoms with Gasteiger partial charge in [0.1, 0.15) is 5.82 Å². The van der Waals surface area contributed by atoms with E-state index < -0.39 is 0 Å². The van der Waals surface area contributed by atoms with Crippen LogP contribution in [0.1, 0.15) is 32.2 Å². The minimum absolute atomic E-state index is 0.0605. The highest BCUT2D eigenvalue weighted by atomic mass is 16.1. The van der Waals surface area contributed by atoms with Crippen molar-refractivity contribution >= 4 is 5.65 Å². The molecule has 2 aromatic rings. The first-order chi connectivity index (χ1) is 6.89. The molecule has 15 heavy (non-hydrogen) atoms. The molecule has 0 aliphatic heterocycles. The van der Waals surface area contributed by atoms with Crippen LogP contribution in [0.2, 0.25) is 0 Å². The van der Waals surface area contributed by atoms with E-state index in [9.17, 15) is 4.79 Å². The Bertz CT molecular complexity index is 559. The Morgan fingerprint density at radius 3 is 2.67 bits per heavy atom. The molecule has 0 unspecified atom stereocenters. The number of hydrogen-bond acceptors (Lipinski definition) is 3. The number of nitrogens with zero attached hydrogens (tertiary/aromatic N) is 3. The minimum Gasteiger partial charge on any atom is -0.294 e. The maximum absolute atomic E-state index is 11.5. The smallest absolute Gasteiger partial charge is 0.294 e. The Labute approximate surface area is 87.2 Å². The number of H-pyrrole nitrogens is 1. The molecule has 0 radical (unpaired) electrons. The molecular weight excluding hydrogens is 192 g/mol. The van der Waals surface area contributed by atoms with Gasteiger partial charge in [-0.1, -0.05) is 20.8 Å². The summed E-state index contributed by atoms with van der Waals surface area (Å²) in [5.41, 5.74) is 1.32. The first-order valence-corrected chi connectivity index (χ1v) is 4.85. The van der Waals surface area contributed by atoms with Crippen molar-refractivity contribution in [2.45, 2.75) is 33.1 Å². The molecule has 0 saturated heterocycles. The Morgan fingerprint density at radius 1 is 1.40 bits per heavy atom. The lowest BCUT2D eigenvalue weighted by Crippen LogP contribution is -2.21. The number of fused-ring (bicyclic) bond motifs is 1. The molecule has 0 bridgehead atoms. The van der Waals surface area contributed by atoms with Crippen LogP contribution < -0.4 is 5.69 Å². The van der Waals surface area contributed by atoms with Gasteiger partial charge < -0.3 is 0 Å². The summed E-state index contributed by atoms with van der Waals surface area (Å²) in [6.45, 7) is 7.98. The summed E-state index contributed by atoms with van der Waals surface area (Å²) in [6, 6.07) is 0. The molecule has 5 nitrogen and oxygen atoms in total. The van der Waals surface area contributed by atoms with Crippen LogP contribution in [0.5, 0.6) is 0 Å². The van der Waals surface area contributed by atoms with Crippen molar-refractivity contribution in [3.63, 3.8) is 0 Å². The molecule has 0 atom stereocenters. The van der Waals surface area contributed by atoms with Crippen molar-refractivity contribution in [1.29, 1.82) is 0 Å². The number of aromatic amines is 1. The predicted octanol–water partition coefficient (Wildman–Crippen LogP) is 1.02. The average molecular weight is 206 g/mol. The van der Waals surface area contributed by atoms with Crippen LogP contribution in [0.25, 0.3) is 5.65 Å². The Balaban J connectivity index is 2.86. The average Bonchev–Trinajstić information content (AvgIpc) is 2.45. The SMILES string of the molecule is Cc1nc2c(C(C)(C)C)cnn2c(=O)[nH]1. The second kappa shape index (κ2) is 2.92. The van der Waals surface area contributed by atoms with Gasteiger partial charge in [-0.15, -0.1) is 0 Å². The number of rotatable bonds is 0. The van der Waals surface area contributed by atoms with Crippen molar-refractivity contribution in [2.24, 2.45) is 0 Å². The molecule has 0 aliphatic rings. The third-order valence-corrected chi connectivity index (χ3v) is 2.31. The fourth-order valence-electron chi connectivity index (χ4n) is 1.52. The largest absolute Gasteiger partial charge is 0.349 e. The highest BCUT2D eigenvalue weighted by Gasteiger charge is 2.20. The maximum Gasteiger partial charge on any atom is 0.349 e. The summed E-state index contributed by atoms with van der Waals surface area (Å²) in [5.74, 6) is 0.610. The van der Waals surface area contributed by atoms with Gasteiger partial charge in [-0.25, -0.2) is 9.78 Å². The van der Waals surface area contributed by atoms with E-state index in [1.54, 1.807) is 13.1 Å². The third-order valence-electron chi connectivity index (χ3n) is 2.31. The molecule has 2 rings (SSSR count). The van der Waals surface area contributed by atoms with Crippen LogP contribution in [-0.2, 0) is 5.41 Å². The lowest BCUT2D eigenvalue weighted by atomic mass is 9.89. The van der Waals surface area contributed by atoms with Gasteiger partial charge in [-0.3, -0.25) is 4.98 Å². The van der Waals surface area contributed by atoms with Crippen molar-refractivity contribution in [1.82, 2.24) is 19.6 Å². The van der Waals surface area contributed by atoms with E-state index in [1.807, 2.05) is 0 Å². The second-order valence-corrected chi connectivity index (χ2v) is 4.67. The molecule has 0 aromatic carbocycles. The quantitative estimate of drug-likeness (QED) is 0.700. The topological polar surface area (TPSA) is 63.1 Å². The first-order valence-electron chi connectivity index (χ1n) is 4.85. The molecule has 80 valence electrons. The van der Waals surface area contributed by atoms with E-state index in [4.69, 9.17) is 0 Å². The second-order valence-electron chi connectivity index (χ2n) is 4.67. The highest BCUT2D eigenvalue weighted by Crippen LogP contribution is 2.24. The summed E-state index contributed by atoms with van der Waals surface area (Å²) in [6.07, 6.45) is 1.71. The van der Waals surface area contributed by atoms with Crippen LogP contribution in [-0.4, -0.2) is 19.6 Å². The van der Waals surface area contributed by atoms with Gasteiger partial charge in [0.15, 0.2) is 5.65 Å². The van der Waals surface area contributed by atoms with E-state index in [-0.39, 0.29) is 11.1 Å². The van der Waals surface area contributed by atoms with Crippen LogP contribution in [0.3, 0.4) is 0 Å². The number of aryl methyl sites for hydroxylation is 1. The molecule has 0 aliphatic carbocycles. The van der Waals surface area contributed by atoms with Gasteiger partial charge in [-0.05, 0) is 12.3 Å². The lowest BCUT2D eigenvalue weighted by Gasteiger charge is -2.15. The zero-order chi connectivity index (χ0) is 11.2. The molecule has 5 heteroatoms. The zero-order valence-electron chi connectivity index (χ0n) is 9.33. The predicted molar refractivity (Wildman–Crippen MR) is 57.0 cm³/mol. The molecular formula is C10H14N4O. The summed E-state index contributed by atoms with van der Waals surface area (Å²) < 4.78 is 1.30. The van der Waals surface area contributed by atoms with Crippen molar-refractivity contribution < 1.29 is 0 Å². The van der Waals surface area contributed by atoms with E-state index in [2.05, 4.69) is 35.8 Å². The Morgan fingerprint density at radius 2 is 2.07 bits per heavy atom. The molecule has 2 aromatic heterocycles. The van der Waals surface area contributed by atoms with Crippen LogP contribution in [0.15, 0.2) is 11.0 Å². The number of hydrogen-bond donors (Lipinski definition) is 1. The van der Waals surface area contributed by atoms with Crippen molar-refractivity contribution in [3.8, 4) is 0 Å². The summed E-state index contributed by atoms with van der Waals surface area (Å²) in [4.78, 5) is 18.5. The van der Waals surface area contributed by atoms with Crippen molar-refractivity contribution in [2.75, 3.05) is 0 Å². The lowest BCUT2D eigenvalue weighted by molar-refractivity contribution is 0.594. The first kappa shape index (κ1) is 9.89. The van der Waals surface area contributed by atoms with Gasteiger partial charge in [0.25, 0.3) is 0 Å². The minimum atomic E-state index is -0.243. The van der Waals surface area contributed by atoms with E-state index in [0.717, 1.165) is 5.56 Å². The van der Waals surface area contributed by atoms with E-state index in [1.165, 1.54) is 4.52 Å². The van der Waals surface area contributed by atoms with Crippen LogP contribution in [0.4, 0.5) is 0 Å². The molecule has 0 spiro atoms. The van der Waals surface area contributed by atoms with Gasteiger partial charge in [-0.2, -0.15) is 9.61 Å². The molecule has 0 saturated carbocycles. The summed E-state index contributed by atoms with van der Waals surface area (Å²) in [5, 5.41) is 4.04. The molecule has 0 amide bonds. The third kappa shape index (κ3) is 1.54. The molecule has 1 N–H and O–H groups in total. The molecule has 2 heterocycles. The molecule has 0 fully saturated rings. The zero-order valence-corrected chi connectivity index (χ0v) is 9.33. The monoisotopic (exact) mass is 206 g/mol. The number of aromatic nitrogens is 4. The standard InChI is InChI=1S/C10H14N4O/c1-6-12-8-7(10(2,3)4)5-11-14(8)9(15)13-6/h5H,1-4H3,(H,12,13,15). The van der Waals surface area contributed by atoms with Gasteiger partial charge in [0.2, 0.25) is 0 Å². The normalized spacial score (nSPS) is 12.3. The fourth-order valence-corrected chi connectivity index (χ4v) is 1.52. The summed E-state index contributed by atoms with van der Waals surface area (Å²) in [7, 11) is 0. The van der Waals surface area contributed by atoms with E-state index in [0.29, 0.717) is 11.5 Å². The Kier molecular flexibility index (Phi) is 1.92. The van der Waals surface area contributed by atoms with E-state index >= 15 is 0 Å². The van der Waals surface area contributed by atoms with Gasteiger partial charge >= 0.3 is 5.69 Å². The number of nitrogens with one attached hydrogen (secondary N) is 1. The van der Waals surface area contributed by atoms with Crippen LogP contribution >= 0.6 is 0 Å². The highest BCUT2D eigenvalue weighted by molar-refractivity contribution is 5.49. The summed E-state index contributed by atoms with van der Waals surface area (Å²) >= 11 is 0. The van der Waals surface area contributed by atoms with Gasteiger partial charge in [0, 0.05) is 5.56 Å².